The van der Waals surface area contributed by atoms with Gasteiger partial charge in [-0.2, -0.15) is 0 Å². The summed E-state index contributed by atoms with van der Waals surface area (Å²) in [4.78, 5) is 0. The molecule has 3 nitrogen and oxygen atoms in total. The van der Waals surface area contributed by atoms with Crippen molar-refractivity contribution >= 4 is 0 Å². The third-order valence-corrected chi connectivity index (χ3v) is 6.80. The number of aliphatic hydroxyl groups is 2. The lowest BCUT2D eigenvalue weighted by Crippen LogP contribution is -2.56. The number of phenols is 1. The van der Waals surface area contributed by atoms with E-state index in [2.05, 4.69) is 26.8 Å². The SMILES string of the molecule is CC(C)c1cc2c(cc1O)C1(C)CCC(O)C(C)(CO)C1CC2. The Morgan fingerprint density at radius 3 is 2.52 bits per heavy atom. The lowest BCUT2D eigenvalue weighted by molar-refractivity contribution is -0.110. The van der Waals surface area contributed by atoms with E-state index in [9.17, 15) is 15.3 Å². The molecule has 128 valence electrons. The largest absolute Gasteiger partial charge is 0.508 e. The number of phenolic OH excluding ortho intramolecular Hbond substituents is 1. The quantitative estimate of drug-likeness (QED) is 0.782. The average molecular weight is 318 g/mol. The summed E-state index contributed by atoms with van der Waals surface area (Å²) >= 11 is 0. The monoisotopic (exact) mass is 318 g/mol. The van der Waals surface area contributed by atoms with Crippen LogP contribution in [0.5, 0.6) is 5.75 Å². The van der Waals surface area contributed by atoms with Crippen LogP contribution in [0, 0.1) is 11.3 Å². The lowest BCUT2D eigenvalue weighted by Gasteiger charge is -2.56. The highest BCUT2D eigenvalue weighted by Gasteiger charge is 2.55. The van der Waals surface area contributed by atoms with Crippen molar-refractivity contribution in [3.63, 3.8) is 0 Å². The second-order valence-corrected chi connectivity index (χ2v) is 8.45. The lowest BCUT2D eigenvalue weighted by atomic mass is 9.49. The van der Waals surface area contributed by atoms with Crippen LogP contribution in [-0.4, -0.2) is 28.0 Å². The van der Waals surface area contributed by atoms with E-state index in [1.54, 1.807) is 0 Å². The maximum atomic E-state index is 10.5. The van der Waals surface area contributed by atoms with Crippen LogP contribution in [-0.2, 0) is 11.8 Å². The van der Waals surface area contributed by atoms with Gasteiger partial charge in [0.2, 0.25) is 0 Å². The Morgan fingerprint density at radius 1 is 1.22 bits per heavy atom. The standard InChI is InChI=1S/C20H30O3/c1-12(2)14-9-13-5-6-17-19(3,15(13)10-16(14)22)8-7-18(23)20(17,4)11-21/h9-10,12,17-18,21-23H,5-8,11H2,1-4H3. The van der Waals surface area contributed by atoms with Crippen LogP contribution in [0.3, 0.4) is 0 Å². The van der Waals surface area contributed by atoms with E-state index in [1.807, 2.05) is 13.0 Å². The molecule has 0 spiro atoms. The van der Waals surface area contributed by atoms with Gasteiger partial charge >= 0.3 is 0 Å². The molecule has 2 aliphatic carbocycles. The van der Waals surface area contributed by atoms with Gasteiger partial charge in [-0.3, -0.25) is 0 Å². The molecule has 0 bridgehead atoms. The topological polar surface area (TPSA) is 60.7 Å². The molecule has 1 aromatic carbocycles. The summed E-state index contributed by atoms with van der Waals surface area (Å²) < 4.78 is 0. The summed E-state index contributed by atoms with van der Waals surface area (Å²) in [5.74, 6) is 0.930. The highest BCUT2D eigenvalue weighted by Crippen LogP contribution is 2.57. The third-order valence-electron chi connectivity index (χ3n) is 6.80. The van der Waals surface area contributed by atoms with Gasteiger partial charge in [-0.1, -0.05) is 33.8 Å². The fraction of sp³-hybridized carbons (Fsp3) is 0.700. The Bertz CT molecular complexity index is 609. The van der Waals surface area contributed by atoms with Crippen LogP contribution in [0.15, 0.2) is 12.1 Å². The molecule has 0 saturated heterocycles. The second-order valence-electron chi connectivity index (χ2n) is 8.45. The molecule has 2 aliphatic rings. The van der Waals surface area contributed by atoms with Gasteiger partial charge in [0.25, 0.3) is 0 Å². The molecular weight excluding hydrogens is 288 g/mol. The molecule has 1 aromatic rings. The molecule has 0 aromatic heterocycles. The van der Waals surface area contributed by atoms with Crippen molar-refractivity contribution in [1.82, 2.24) is 0 Å². The second kappa shape index (κ2) is 5.49. The molecule has 0 heterocycles. The molecule has 0 radical (unpaired) electrons. The molecule has 3 heteroatoms. The van der Waals surface area contributed by atoms with E-state index in [0.717, 1.165) is 24.8 Å². The van der Waals surface area contributed by atoms with Crippen molar-refractivity contribution < 1.29 is 15.3 Å². The van der Waals surface area contributed by atoms with Gasteiger partial charge in [-0.15, -0.1) is 0 Å². The summed E-state index contributed by atoms with van der Waals surface area (Å²) in [7, 11) is 0. The van der Waals surface area contributed by atoms with Crippen LogP contribution in [0.25, 0.3) is 0 Å². The fourth-order valence-corrected chi connectivity index (χ4v) is 5.24. The number of aromatic hydroxyl groups is 1. The van der Waals surface area contributed by atoms with Crippen LogP contribution >= 0.6 is 0 Å². The van der Waals surface area contributed by atoms with Gasteiger partial charge in [0.1, 0.15) is 5.75 Å². The van der Waals surface area contributed by atoms with E-state index in [4.69, 9.17) is 0 Å². The molecule has 1 fully saturated rings. The number of benzene rings is 1. The van der Waals surface area contributed by atoms with Crippen LogP contribution < -0.4 is 0 Å². The van der Waals surface area contributed by atoms with E-state index < -0.39 is 11.5 Å². The summed E-state index contributed by atoms with van der Waals surface area (Å²) in [5.41, 5.74) is 3.03. The minimum Gasteiger partial charge on any atom is -0.508 e. The van der Waals surface area contributed by atoms with Crippen molar-refractivity contribution in [2.24, 2.45) is 11.3 Å². The van der Waals surface area contributed by atoms with Crippen molar-refractivity contribution in [2.75, 3.05) is 6.61 Å². The Labute approximate surface area is 139 Å². The predicted octanol–water partition coefficient (Wildman–Crippen LogP) is 3.49. The summed E-state index contributed by atoms with van der Waals surface area (Å²) in [5, 5.41) is 31.0. The predicted molar refractivity (Wildman–Crippen MR) is 91.8 cm³/mol. The maximum Gasteiger partial charge on any atom is 0.119 e. The minimum absolute atomic E-state index is 0.0137. The zero-order valence-electron chi connectivity index (χ0n) is 14.8. The maximum absolute atomic E-state index is 10.5. The third kappa shape index (κ3) is 2.32. The van der Waals surface area contributed by atoms with E-state index in [-0.39, 0.29) is 17.9 Å². The summed E-state index contributed by atoms with van der Waals surface area (Å²) in [6, 6.07) is 4.14. The Hall–Kier alpha value is -1.06. The summed E-state index contributed by atoms with van der Waals surface area (Å²) in [6.45, 7) is 8.50. The van der Waals surface area contributed by atoms with Gasteiger partial charge in [0.05, 0.1) is 12.7 Å². The number of rotatable bonds is 2. The zero-order chi connectivity index (χ0) is 17.0. The molecule has 23 heavy (non-hydrogen) atoms. The van der Waals surface area contributed by atoms with Crippen molar-refractivity contribution in [1.29, 1.82) is 0 Å². The van der Waals surface area contributed by atoms with Crippen LogP contribution in [0.1, 0.15) is 69.6 Å². The molecule has 3 rings (SSSR count). The number of aliphatic hydroxyl groups excluding tert-OH is 2. The van der Waals surface area contributed by atoms with Crippen LogP contribution in [0.2, 0.25) is 0 Å². The smallest absolute Gasteiger partial charge is 0.119 e. The van der Waals surface area contributed by atoms with Gasteiger partial charge < -0.3 is 15.3 Å². The molecule has 4 atom stereocenters. The first-order chi connectivity index (χ1) is 10.7. The van der Waals surface area contributed by atoms with Crippen molar-refractivity contribution in [3.8, 4) is 5.75 Å². The highest BCUT2D eigenvalue weighted by atomic mass is 16.3. The molecular formula is C20H30O3. The summed E-state index contributed by atoms with van der Waals surface area (Å²) in [6.07, 6.45) is 3.10. The number of fused-ring (bicyclic) bond motifs is 3. The van der Waals surface area contributed by atoms with Gasteiger partial charge in [-0.05, 0) is 65.7 Å². The molecule has 0 amide bonds. The van der Waals surface area contributed by atoms with Gasteiger partial charge in [0.15, 0.2) is 0 Å². The Morgan fingerprint density at radius 2 is 1.91 bits per heavy atom. The first kappa shape index (κ1) is 16.8. The number of hydrogen-bond acceptors (Lipinski definition) is 3. The molecule has 0 aliphatic heterocycles. The Kier molecular flexibility index (Phi) is 4.01. The fourth-order valence-electron chi connectivity index (χ4n) is 5.24. The molecule has 1 saturated carbocycles. The van der Waals surface area contributed by atoms with Crippen molar-refractivity contribution in [2.45, 2.75) is 70.8 Å². The molecule has 3 N–H and O–H groups in total. The number of hydrogen-bond donors (Lipinski definition) is 3. The average Bonchev–Trinajstić information content (AvgIpc) is 2.51. The first-order valence-corrected chi connectivity index (χ1v) is 8.89. The Balaban J connectivity index is 2.12. The minimum atomic E-state index is -0.461. The normalized spacial score (nSPS) is 36.7. The van der Waals surface area contributed by atoms with Gasteiger partial charge in [0, 0.05) is 5.41 Å². The van der Waals surface area contributed by atoms with Crippen LogP contribution in [0.4, 0.5) is 0 Å². The van der Waals surface area contributed by atoms with E-state index >= 15 is 0 Å². The van der Waals surface area contributed by atoms with Gasteiger partial charge in [-0.25, -0.2) is 0 Å². The van der Waals surface area contributed by atoms with E-state index in [1.165, 1.54) is 11.1 Å². The highest BCUT2D eigenvalue weighted by molar-refractivity contribution is 5.49. The van der Waals surface area contributed by atoms with Crippen molar-refractivity contribution in [3.05, 3.63) is 28.8 Å². The molecule has 4 unspecified atom stereocenters. The number of aryl methyl sites for hydroxylation is 1. The first-order valence-electron chi connectivity index (χ1n) is 8.89. The zero-order valence-corrected chi connectivity index (χ0v) is 14.8. The van der Waals surface area contributed by atoms with E-state index in [0.29, 0.717) is 18.1 Å².